The predicted octanol–water partition coefficient (Wildman–Crippen LogP) is 2.55. The van der Waals surface area contributed by atoms with Crippen molar-refractivity contribution in [3.63, 3.8) is 0 Å². The highest BCUT2D eigenvalue weighted by atomic mass is 16.4. The lowest BCUT2D eigenvalue weighted by molar-refractivity contribution is -0.150. The van der Waals surface area contributed by atoms with Gasteiger partial charge in [-0.2, -0.15) is 5.10 Å². The van der Waals surface area contributed by atoms with Crippen LogP contribution in [0.1, 0.15) is 57.0 Å². The second kappa shape index (κ2) is 7.36. The van der Waals surface area contributed by atoms with Crippen molar-refractivity contribution in [2.75, 3.05) is 0 Å². The number of carbonyl (C=O) groups is 2. The highest BCUT2D eigenvalue weighted by Crippen LogP contribution is 2.30. The van der Waals surface area contributed by atoms with E-state index in [9.17, 15) is 14.7 Å². The first-order valence-electron chi connectivity index (χ1n) is 8.79. The number of nitrogens with zero attached hydrogens (tertiary/aromatic N) is 3. The van der Waals surface area contributed by atoms with E-state index in [0.717, 1.165) is 36.3 Å². The summed E-state index contributed by atoms with van der Waals surface area (Å²) in [7, 11) is 0. The van der Waals surface area contributed by atoms with Gasteiger partial charge in [0.25, 0.3) is 0 Å². The molecule has 0 aromatic carbocycles. The maximum Gasteiger partial charge on any atom is 0.326 e. The maximum atomic E-state index is 12.6. The van der Waals surface area contributed by atoms with Gasteiger partial charge in [0, 0.05) is 24.7 Å². The van der Waals surface area contributed by atoms with E-state index in [2.05, 4.69) is 18.9 Å². The number of rotatable bonds is 8. The zero-order chi connectivity index (χ0) is 18.0. The monoisotopic (exact) mass is 335 g/mol. The fraction of sp³-hybridized carbons (Fsp3) is 0.722. The van der Waals surface area contributed by atoms with Gasteiger partial charge in [-0.3, -0.25) is 9.48 Å². The van der Waals surface area contributed by atoms with Crippen LogP contribution in [0.4, 0.5) is 0 Å². The fourth-order valence-electron chi connectivity index (χ4n) is 3.19. The number of carboxylic acids is 1. The molecule has 0 bridgehead atoms. The third-order valence-electron chi connectivity index (χ3n) is 4.66. The van der Waals surface area contributed by atoms with Gasteiger partial charge in [-0.05, 0) is 51.5 Å². The van der Waals surface area contributed by atoms with E-state index in [4.69, 9.17) is 0 Å². The number of aliphatic carboxylic acids is 1. The molecule has 0 radical (unpaired) electrons. The lowest BCUT2D eigenvalue weighted by Gasteiger charge is -2.26. The van der Waals surface area contributed by atoms with Gasteiger partial charge >= 0.3 is 5.97 Å². The smallest absolute Gasteiger partial charge is 0.326 e. The number of carboxylic acid groups (broad SMARTS) is 1. The molecule has 1 unspecified atom stereocenters. The van der Waals surface area contributed by atoms with Gasteiger partial charge in [0.1, 0.15) is 6.04 Å². The average molecular weight is 335 g/mol. The van der Waals surface area contributed by atoms with E-state index in [1.807, 2.05) is 18.5 Å². The van der Waals surface area contributed by atoms with Crippen molar-refractivity contribution in [3.8, 4) is 0 Å². The Bertz CT molecular complexity index is 617. The topological polar surface area (TPSA) is 75.4 Å². The van der Waals surface area contributed by atoms with Gasteiger partial charge in [0.05, 0.1) is 5.69 Å². The van der Waals surface area contributed by atoms with Crippen LogP contribution in [0.2, 0.25) is 0 Å². The first-order valence-corrected chi connectivity index (χ1v) is 8.79. The lowest BCUT2D eigenvalue weighted by Crippen LogP contribution is -2.44. The molecule has 1 heterocycles. The van der Waals surface area contributed by atoms with E-state index in [1.165, 1.54) is 0 Å². The standard InChI is InChI=1S/C18H29N3O3/c1-11(2)10-20-13(4)16(12(3)19-20)8-9-17(22)21(15-6-7-15)14(5)18(23)24/h11,14-15H,6-10H2,1-5H3,(H,23,24). The largest absolute Gasteiger partial charge is 0.480 e. The molecular formula is C18H29N3O3. The molecule has 6 nitrogen and oxygen atoms in total. The Kier molecular flexibility index (Phi) is 5.67. The lowest BCUT2D eigenvalue weighted by atomic mass is 10.1. The van der Waals surface area contributed by atoms with Crippen molar-refractivity contribution in [3.05, 3.63) is 17.0 Å². The first-order chi connectivity index (χ1) is 11.2. The molecule has 6 heteroatoms. The second-order valence-corrected chi connectivity index (χ2v) is 7.27. The quantitative estimate of drug-likeness (QED) is 0.792. The number of aryl methyl sites for hydroxylation is 1. The van der Waals surface area contributed by atoms with Gasteiger partial charge in [-0.25, -0.2) is 4.79 Å². The third-order valence-corrected chi connectivity index (χ3v) is 4.66. The third kappa shape index (κ3) is 4.16. The van der Waals surface area contributed by atoms with Crippen molar-refractivity contribution >= 4 is 11.9 Å². The first kappa shape index (κ1) is 18.5. The Labute approximate surface area is 143 Å². The van der Waals surface area contributed by atoms with Gasteiger partial charge in [0.15, 0.2) is 0 Å². The molecule has 1 atom stereocenters. The van der Waals surface area contributed by atoms with E-state index in [-0.39, 0.29) is 11.9 Å². The Morgan fingerprint density at radius 3 is 2.42 bits per heavy atom. The van der Waals surface area contributed by atoms with Crippen LogP contribution < -0.4 is 0 Å². The minimum atomic E-state index is -0.938. The summed E-state index contributed by atoms with van der Waals surface area (Å²) in [5.74, 6) is -0.491. The highest BCUT2D eigenvalue weighted by molar-refractivity contribution is 5.84. The second-order valence-electron chi connectivity index (χ2n) is 7.27. The summed E-state index contributed by atoms with van der Waals surface area (Å²) in [5, 5.41) is 13.8. The summed E-state index contributed by atoms with van der Waals surface area (Å²) in [5.41, 5.74) is 3.19. The van der Waals surface area contributed by atoms with Crippen LogP contribution >= 0.6 is 0 Å². The van der Waals surface area contributed by atoms with Gasteiger partial charge in [0.2, 0.25) is 5.91 Å². The molecule has 0 saturated heterocycles. The van der Waals surface area contributed by atoms with Crippen molar-refractivity contribution in [2.24, 2.45) is 5.92 Å². The molecule has 1 amide bonds. The number of hydrogen-bond donors (Lipinski definition) is 1. The summed E-state index contributed by atoms with van der Waals surface area (Å²) in [4.78, 5) is 25.4. The summed E-state index contributed by atoms with van der Waals surface area (Å²) in [6, 6.07) is -0.648. The van der Waals surface area contributed by atoms with E-state index in [0.29, 0.717) is 18.8 Å². The van der Waals surface area contributed by atoms with Crippen LogP contribution in [0.25, 0.3) is 0 Å². The van der Waals surface area contributed by atoms with Crippen LogP contribution in [0.5, 0.6) is 0 Å². The number of carbonyl (C=O) groups excluding carboxylic acids is 1. The Balaban J connectivity index is 2.05. The Morgan fingerprint density at radius 1 is 1.29 bits per heavy atom. The fourth-order valence-corrected chi connectivity index (χ4v) is 3.19. The average Bonchev–Trinajstić information content (AvgIpc) is 3.26. The molecule has 1 aliphatic rings. The summed E-state index contributed by atoms with van der Waals surface area (Å²) >= 11 is 0. The SMILES string of the molecule is Cc1nn(CC(C)C)c(C)c1CCC(=O)N(C1CC1)C(C)C(=O)O. The van der Waals surface area contributed by atoms with E-state index in [1.54, 1.807) is 11.8 Å². The zero-order valence-electron chi connectivity index (χ0n) is 15.4. The van der Waals surface area contributed by atoms with Crippen LogP contribution in [0.15, 0.2) is 0 Å². The summed E-state index contributed by atoms with van der Waals surface area (Å²) < 4.78 is 2.01. The van der Waals surface area contributed by atoms with E-state index < -0.39 is 12.0 Å². The normalized spacial score (nSPS) is 15.6. The maximum absolute atomic E-state index is 12.6. The van der Waals surface area contributed by atoms with Crippen LogP contribution in [0.3, 0.4) is 0 Å². The van der Waals surface area contributed by atoms with Gasteiger partial charge in [-0.15, -0.1) is 0 Å². The van der Waals surface area contributed by atoms with Crippen molar-refractivity contribution in [2.45, 2.75) is 78.9 Å². The van der Waals surface area contributed by atoms with Gasteiger partial charge < -0.3 is 10.0 Å². The zero-order valence-corrected chi connectivity index (χ0v) is 15.4. The highest BCUT2D eigenvalue weighted by Gasteiger charge is 2.38. The van der Waals surface area contributed by atoms with Crippen LogP contribution in [-0.4, -0.2) is 43.7 Å². The molecule has 24 heavy (non-hydrogen) atoms. The molecule has 1 saturated carbocycles. The summed E-state index contributed by atoms with van der Waals surface area (Å²) in [6.07, 6.45) is 2.77. The molecule has 1 N–H and O–H groups in total. The molecule has 1 aromatic rings. The number of amides is 1. The van der Waals surface area contributed by atoms with Crippen molar-refractivity contribution in [1.82, 2.24) is 14.7 Å². The van der Waals surface area contributed by atoms with Gasteiger partial charge in [-0.1, -0.05) is 13.8 Å². The molecule has 2 rings (SSSR count). The molecule has 1 aliphatic carbocycles. The molecular weight excluding hydrogens is 306 g/mol. The molecule has 1 aromatic heterocycles. The predicted molar refractivity (Wildman–Crippen MR) is 91.8 cm³/mol. The molecule has 1 fully saturated rings. The number of aromatic nitrogens is 2. The number of hydrogen-bond acceptors (Lipinski definition) is 3. The van der Waals surface area contributed by atoms with Crippen molar-refractivity contribution in [1.29, 1.82) is 0 Å². The molecule has 0 spiro atoms. The Hall–Kier alpha value is -1.85. The molecule has 134 valence electrons. The molecule has 0 aliphatic heterocycles. The van der Waals surface area contributed by atoms with Crippen LogP contribution in [-0.2, 0) is 22.6 Å². The Morgan fingerprint density at radius 2 is 1.92 bits per heavy atom. The van der Waals surface area contributed by atoms with Crippen molar-refractivity contribution < 1.29 is 14.7 Å². The minimum Gasteiger partial charge on any atom is -0.480 e. The minimum absolute atomic E-state index is 0.0668. The van der Waals surface area contributed by atoms with Crippen LogP contribution in [0, 0.1) is 19.8 Å². The van der Waals surface area contributed by atoms with E-state index >= 15 is 0 Å². The summed E-state index contributed by atoms with van der Waals surface area (Å²) in [6.45, 7) is 10.8.